The lowest BCUT2D eigenvalue weighted by molar-refractivity contribution is -0.132. The zero-order chi connectivity index (χ0) is 8.15. The van der Waals surface area contributed by atoms with Crippen molar-refractivity contribution in [3.8, 4) is 0 Å². The minimum absolute atomic E-state index is 0.181. The van der Waals surface area contributed by atoms with E-state index in [1.54, 1.807) is 6.92 Å². The Labute approximate surface area is 62.4 Å². The fourth-order valence-corrected chi connectivity index (χ4v) is 0.616. The minimum Gasteiger partial charge on any atom is -0.478 e. The molecule has 0 heterocycles. The van der Waals surface area contributed by atoms with E-state index in [-0.39, 0.29) is 5.57 Å². The summed E-state index contributed by atoms with van der Waals surface area (Å²) in [5, 5.41) is 8.33. The highest BCUT2D eigenvalue weighted by atomic mass is 32.1. The monoisotopic (exact) mass is 160 g/mol. The van der Waals surface area contributed by atoms with Crippen LogP contribution in [0.3, 0.4) is 0 Å². The third-order valence-electron chi connectivity index (χ3n) is 0.889. The van der Waals surface area contributed by atoms with Crippen LogP contribution in [0, 0.1) is 0 Å². The van der Waals surface area contributed by atoms with Gasteiger partial charge in [-0.3, -0.25) is 0 Å². The number of rotatable bonds is 2. The predicted octanol–water partition coefficient (Wildman–Crippen LogP) is 0.423. The molecule has 0 saturated carbocycles. The second-order valence-corrected chi connectivity index (χ2v) is 2.64. The van der Waals surface area contributed by atoms with Crippen molar-refractivity contribution in [3.63, 3.8) is 0 Å². The first kappa shape index (κ1) is 9.10. The van der Waals surface area contributed by atoms with E-state index in [2.05, 4.69) is 0 Å². The summed E-state index contributed by atoms with van der Waals surface area (Å²) in [6, 6.07) is 0. The molecule has 0 atom stereocenters. The van der Waals surface area contributed by atoms with Gasteiger partial charge in [-0.1, -0.05) is 0 Å². The topological polar surface area (TPSA) is 54.4 Å². The van der Waals surface area contributed by atoms with E-state index in [4.69, 9.17) is 5.11 Å². The number of carboxylic acid groups (broad SMARTS) is 1. The normalized spacial score (nSPS) is 10.8. The quantitative estimate of drug-likeness (QED) is 0.470. The lowest BCUT2D eigenvalue weighted by Gasteiger charge is -1.88. The molecular weight excluding hydrogens is 152 g/mol. The lowest BCUT2D eigenvalue weighted by Crippen LogP contribution is -1.98. The summed E-state index contributed by atoms with van der Waals surface area (Å²) in [6.07, 6.45) is 1.35. The van der Waals surface area contributed by atoms with Gasteiger partial charge in [0.05, 0.1) is 11.3 Å². The van der Waals surface area contributed by atoms with Gasteiger partial charge in [0.2, 0.25) is 0 Å². The van der Waals surface area contributed by atoms with Gasteiger partial charge in [-0.25, -0.2) is 9.00 Å². The van der Waals surface area contributed by atoms with Gasteiger partial charge in [0.1, 0.15) is 0 Å². The van der Waals surface area contributed by atoms with Gasteiger partial charge in [0.15, 0.2) is 0 Å². The van der Waals surface area contributed by atoms with Crippen molar-refractivity contribution in [1.29, 1.82) is 0 Å². The Morgan fingerprint density at radius 3 is 2.30 bits per heavy atom. The Balaban J connectivity index is 4.47. The highest BCUT2D eigenvalue weighted by Gasteiger charge is 1.98. The van der Waals surface area contributed by atoms with Crippen LogP contribution in [0.1, 0.15) is 13.8 Å². The lowest BCUT2D eigenvalue weighted by atomic mass is 10.2. The standard InChI is InChI=1S/C6H8O3S/c1-4(6(7)8)3-5(2)10-9/h3H,1-2H3,(H,7,8)/b4-3+. The molecule has 0 aromatic heterocycles. The molecule has 56 valence electrons. The van der Waals surface area contributed by atoms with E-state index < -0.39 is 5.97 Å². The molecule has 0 aliphatic rings. The van der Waals surface area contributed by atoms with Gasteiger partial charge in [-0.15, -0.1) is 0 Å². The summed E-state index contributed by atoms with van der Waals surface area (Å²) in [5.41, 5.74) is 0.181. The maximum Gasteiger partial charge on any atom is 0.331 e. The van der Waals surface area contributed by atoms with E-state index in [0.29, 0.717) is 16.1 Å². The molecule has 0 aromatic carbocycles. The Morgan fingerprint density at radius 2 is 2.00 bits per heavy atom. The molecule has 10 heavy (non-hydrogen) atoms. The van der Waals surface area contributed by atoms with Gasteiger partial charge in [-0.05, 0) is 19.9 Å². The van der Waals surface area contributed by atoms with E-state index in [1.807, 2.05) is 0 Å². The molecule has 3 nitrogen and oxygen atoms in total. The average Bonchev–Trinajstić information content (AvgIpc) is 1.87. The average molecular weight is 160 g/mol. The molecule has 0 saturated heterocycles. The number of carboxylic acids is 1. The van der Waals surface area contributed by atoms with Gasteiger partial charge in [-0.2, -0.15) is 0 Å². The van der Waals surface area contributed by atoms with Crippen LogP contribution in [0.25, 0.3) is 0 Å². The van der Waals surface area contributed by atoms with Crippen molar-refractivity contribution in [2.24, 2.45) is 0 Å². The molecule has 0 radical (unpaired) electrons. The number of allylic oxidation sites excluding steroid dienone is 1. The van der Waals surface area contributed by atoms with Gasteiger partial charge >= 0.3 is 5.97 Å². The van der Waals surface area contributed by atoms with Gasteiger partial charge in [0.25, 0.3) is 0 Å². The summed E-state index contributed by atoms with van der Waals surface area (Å²) in [7, 11) is 0. The molecule has 4 heteroatoms. The largest absolute Gasteiger partial charge is 0.478 e. The SMILES string of the molecule is CC(/C=C(\C)C(=O)O)=S=O. The van der Waals surface area contributed by atoms with Crippen LogP contribution in [0.15, 0.2) is 11.6 Å². The van der Waals surface area contributed by atoms with E-state index in [1.165, 1.54) is 13.0 Å². The fourth-order valence-electron chi connectivity index (χ4n) is 0.391. The summed E-state index contributed by atoms with van der Waals surface area (Å²) < 4.78 is 10.0. The van der Waals surface area contributed by atoms with Crippen LogP contribution in [0.5, 0.6) is 0 Å². The molecule has 0 amide bonds. The summed E-state index contributed by atoms with van der Waals surface area (Å²) in [4.78, 5) is 10.6. The first-order valence-electron chi connectivity index (χ1n) is 2.63. The van der Waals surface area contributed by atoms with Crippen molar-refractivity contribution in [1.82, 2.24) is 0 Å². The van der Waals surface area contributed by atoms with Gasteiger partial charge in [0, 0.05) is 10.4 Å². The van der Waals surface area contributed by atoms with E-state index in [9.17, 15) is 9.00 Å². The van der Waals surface area contributed by atoms with E-state index >= 15 is 0 Å². The number of hydrogen-bond donors (Lipinski definition) is 1. The molecule has 0 bridgehead atoms. The first-order valence-corrected chi connectivity index (χ1v) is 3.37. The van der Waals surface area contributed by atoms with Gasteiger partial charge < -0.3 is 5.11 Å². The summed E-state index contributed by atoms with van der Waals surface area (Å²) in [5.74, 6) is -0.992. The van der Waals surface area contributed by atoms with Crippen molar-refractivity contribution < 1.29 is 14.1 Å². The molecule has 0 unspecified atom stereocenters. The number of hydrogen-bond acceptors (Lipinski definition) is 2. The first-order chi connectivity index (χ1) is 4.57. The van der Waals surface area contributed by atoms with Crippen molar-refractivity contribution in [2.45, 2.75) is 13.8 Å². The summed E-state index contributed by atoms with van der Waals surface area (Å²) in [6.45, 7) is 3.02. The van der Waals surface area contributed by atoms with Crippen molar-refractivity contribution in [3.05, 3.63) is 11.6 Å². The Morgan fingerprint density at radius 1 is 1.50 bits per heavy atom. The molecule has 0 spiro atoms. The molecular formula is C6H8O3S. The Kier molecular flexibility index (Phi) is 3.64. The third-order valence-corrected chi connectivity index (χ3v) is 1.27. The van der Waals surface area contributed by atoms with Crippen molar-refractivity contribution >= 4 is 22.1 Å². The molecule has 0 rings (SSSR count). The minimum atomic E-state index is -0.992. The second-order valence-electron chi connectivity index (χ2n) is 1.83. The Hall–Kier alpha value is -0.900. The molecule has 1 N–H and O–H groups in total. The van der Waals surface area contributed by atoms with Crippen molar-refractivity contribution in [2.75, 3.05) is 0 Å². The fraction of sp³-hybridized carbons (Fsp3) is 0.333. The van der Waals surface area contributed by atoms with Crippen LogP contribution in [-0.2, 0) is 16.1 Å². The zero-order valence-corrected chi connectivity index (χ0v) is 6.57. The number of carbonyl (C=O) groups is 1. The predicted molar refractivity (Wildman–Crippen MR) is 40.2 cm³/mol. The molecule has 0 fully saturated rings. The van der Waals surface area contributed by atoms with Crippen LogP contribution in [0.4, 0.5) is 0 Å². The third kappa shape index (κ3) is 3.19. The molecule has 0 aliphatic carbocycles. The summed E-state index contributed by atoms with van der Waals surface area (Å²) >= 11 is 0.297. The smallest absolute Gasteiger partial charge is 0.331 e. The highest BCUT2D eigenvalue weighted by molar-refractivity contribution is 7.66. The van der Waals surface area contributed by atoms with Crippen LogP contribution in [-0.4, -0.2) is 20.1 Å². The second kappa shape index (κ2) is 4.00. The van der Waals surface area contributed by atoms with Crippen LogP contribution < -0.4 is 0 Å². The zero-order valence-electron chi connectivity index (χ0n) is 5.75. The number of aliphatic carboxylic acids is 1. The van der Waals surface area contributed by atoms with E-state index in [0.717, 1.165) is 0 Å². The van der Waals surface area contributed by atoms with Crippen LogP contribution in [0.2, 0.25) is 0 Å². The maximum atomic E-state index is 10.2. The highest BCUT2D eigenvalue weighted by Crippen LogP contribution is 1.91. The van der Waals surface area contributed by atoms with Crippen LogP contribution >= 0.6 is 0 Å². The Bertz CT molecular complexity index is 223. The maximum absolute atomic E-state index is 10.2. The molecule has 0 aliphatic heterocycles. The molecule has 0 aromatic rings.